The molecule has 0 spiro atoms. The van der Waals surface area contributed by atoms with E-state index in [1.54, 1.807) is 13.0 Å². The number of rotatable bonds is 6. The summed E-state index contributed by atoms with van der Waals surface area (Å²) in [6.45, 7) is 1.07. The van der Waals surface area contributed by atoms with Crippen LogP contribution in [0.4, 0.5) is 10.1 Å². The van der Waals surface area contributed by atoms with Gasteiger partial charge in [-0.1, -0.05) is 18.2 Å². The van der Waals surface area contributed by atoms with E-state index in [4.69, 9.17) is 4.74 Å². The number of aryl methyl sites for hydroxylation is 1. The molecule has 138 valence electrons. The van der Waals surface area contributed by atoms with Crippen LogP contribution in [-0.4, -0.2) is 33.2 Å². The van der Waals surface area contributed by atoms with E-state index in [1.807, 2.05) is 0 Å². The van der Waals surface area contributed by atoms with Gasteiger partial charge in [0.25, 0.3) is 5.91 Å². The Labute approximate surface area is 150 Å². The normalized spacial score (nSPS) is 11.0. The van der Waals surface area contributed by atoms with Crippen LogP contribution in [0, 0.1) is 12.7 Å². The third kappa shape index (κ3) is 5.96. The summed E-state index contributed by atoms with van der Waals surface area (Å²) in [4.78, 5) is 23.7. The van der Waals surface area contributed by atoms with Crippen molar-refractivity contribution in [1.82, 2.24) is 0 Å². The van der Waals surface area contributed by atoms with Gasteiger partial charge in [0.1, 0.15) is 5.82 Å². The van der Waals surface area contributed by atoms with Crippen molar-refractivity contribution < 1.29 is 27.1 Å². The van der Waals surface area contributed by atoms with Gasteiger partial charge in [0.15, 0.2) is 16.4 Å². The number of esters is 1. The number of hydrogen-bond donors (Lipinski definition) is 1. The molecule has 0 aliphatic rings. The molecule has 0 heterocycles. The number of ether oxygens (including phenoxy) is 1. The quantitative estimate of drug-likeness (QED) is 0.779. The van der Waals surface area contributed by atoms with Crippen molar-refractivity contribution >= 4 is 27.4 Å². The standard InChI is InChI=1S/C18H18FNO5S/c1-12-3-8-15(9-16(12)19)20-17(21)10-25-18(22)14-6-4-13(5-7-14)11-26(2,23)24/h3-9H,10-11H2,1-2H3,(H,20,21). The average Bonchev–Trinajstić information content (AvgIpc) is 2.55. The Morgan fingerprint density at radius 2 is 1.77 bits per heavy atom. The molecular formula is C18H18FNO5S. The summed E-state index contributed by atoms with van der Waals surface area (Å²) in [5, 5.41) is 2.43. The first kappa shape index (κ1) is 19.6. The van der Waals surface area contributed by atoms with E-state index in [1.165, 1.54) is 36.4 Å². The van der Waals surface area contributed by atoms with E-state index in [-0.39, 0.29) is 17.0 Å². The van der Waals surface area contributed by atoms with E-state index >= 15 is 0 Å². The highest BCUT2D eigenvalue weighted by Crippen LogP contribution is 2.13. The van der Waals surface area contributed by atoms with Gasteiger partial charge in [0, 0.05) is 11.9 Å². The number of benzene rings is 2. The lowest BCUT2D eigenvalue weighted by Gasteiger charge is -2.08. The van der Waals surface area contributed by atoms with Gasteiger partial charge in [-0.3, -0.25) is 4.79 Å². The zero-order chi connectivity index (χ0) is 19.3. The molecule has 6 nitrogen and oxygen atoms in total. The maximum Gasteiger partial charge on any atom is 0.338 e. The highest BCUT2D eigenvalue weighted by molar-refractivity contribution is 7.89. The Hall–Kier alpha value is -2.74. The Morgan fingerprint density at radius 1 is 1.12 bits per heavy atom. The highest BCUT2D eigenvalue weighted by atomic mass is 32.2. The van der Waals surface area contributed by atoms with Crippen LogP contribution in [0.15, 0.2) is 42.5 Å². The Bertz CT molecular complexity index is 923. The van der Waals surface area contributed by atoms with Crippen LogP contribution < -0.4 is 5.32 Å². The van der Waals surface area contributed by atoms with Crippen LogP contribution in [0.5, 0.6) is 0 Å². The zero-order valence-electron chi connectivity index (χ0n) is 14.3. The summed E-state index contributed by atoms with van der Waals surface area (Å²) in [5.74, 6) is -1.90. The summed E-state index contributed by atoms with van der Waals surface area (Å²) < 4.78 is 40.8. The number of nitrogens with one attached hydrogen (secondary N) is 1. The molecule has 2 aromatic rings. The fourth-order valence-electron chi connectivity index (χ4n) is 2.12. The molecule has 2 aromatic carbocycles. The van der Waals surface area contributed by atoms with Crippen molar-refractivity contribution in [2.24, 2.45) is 0 Å². The van der Waals surface area contributed by atoms with Crippen molar-refractivity contribution in [3.63, 3.8) is 0 Å². The van der Waals surface area contributed by atoms with E-state index in [9.17, 15) is 22.4 Å². The summed E-state index contributed by atoms with van der Waals surface area (Å²) in [7, 11) is -3.16. The van der Waals surface area contributed by atoms with Gasteiger partial charge < -0.3 is 10.1 Å². The molecule has 0 bridgehead atoms. The molecule has 0 atom stereocenters. The number of carbonyl (C=O) groups is 2. The van der Waals surface area contributed by atoms with Crippen LogP contribution in [0.3, 0.4) is 0 Å². The van der Waals surface area contributed by atoms with Crippen molar-refractivity contribution in [2.75, 3.05) is 18.2 Å². The molecule has 8 heteroatoms. The van der Waals surface area contributed by atoms with Crippen LogP contribution in [0.2, 0.25) is 0 Å². The van der Waals surface area contributed by atoms with Crippen LogP contribution >= 0.6 is 0 Å². The smallest absolute Gasteiger partial charge is 0.338 e. The van der Waals surface area contributed by atoms with Crippen molar-refractivity contribution in [3.8, 4) is 0 Å². The Balaban J connectivity index is 1.89. The number of amides is 1. The minimum atomic E-state index is -3.16. The molecule has 26 heavy (non-hydrogen) atoms. The second-order valence-corrected chi connectivity index (χ2v) is 8.00. The van der Waals surface area contributed by atoms with Crippen LogP contribution in [0.1, 0.15) is 21.5 Å². The van der Waals surface area contributed by atoms with Gasteiger partial charge in [0.2, 0.25) is 0 Å². The SMILES string of the molecule is Cc1ccc(NC(=O)COC(=O)c2ccc(CS(C)(=O)=O)cc2)cc1F. The van der Waals surface area contributed by atoms with Crippen LogP contribution in [-0.2, 0) is 25.1 Å². The summed E-state index contributed by atoms with van der Waals surface area (Å²) in [6.07, 6.45) is 1.12. The second kappa shape index (κ2) is 8.09. The molecule has 1 N–H and O–H groups in total. The number of halogens is 1. The molecule has 0 saturated carbocycles. The van der Waals surface area contributed by atoms with Crippen LogP contribution in [0.25, 0.3) is 0 Å². The largest absolute Gasteiger partial charge is 0.452 e. The first-order valence-electron chi connectivity index (χ1n) is 7.64. The molecular weight excluding hydrogens is 361 g/mol. The van der Waals surface area contributed by atoms with Gasteiger partial charge in [0.05, 0.1) is 11.3 Å². The first-order valence-corrected chi connectivity index (χ1v) is 9.70. The summed E-state index contributed by atoms with van der Waals surface area (Å²) in [5.41, 5.74) is 1.45. The number of anilines is 1. The molecule has 0 saturated heterocycles. The molecule has 0 aliphatic carbocycles. The Morgan fingerprint density at radius 3 is 2.35 bits per heavy atom. The van der Waals surface area contributed by atoms with E-state index in [2.05, 4.69) is 5.32 Å². The molecule has 1 amide bonds. The third-order valence-corrected chi connectivity index (χ3v) is 4.27. The lowest BCUT2D eigenvalue weighted by Crippen LogP contribution is -2.21. The van der Waals surface area contributed by atoms with Gasteiger partial charge >= 0.3 is 5.97 Å². The van der Waals surface area contributed by atoms with Crippen molar-refractivity contribution in [2.45, 2.75) is 12.7 Å². The lowest BCUT2D eigenvalue weighted by molar-refractivity contribution is -0.119. The van der Waals surface area contributed by atoms with E-state index < -0.39 is 34.1 Å². The minimum absolute atomic E-state index is 0.127. The Kier molecular flexibility index (Phi) is 6.10. The van der Waals surface area contributed by atoms with Crippen molar-refractivity contribution in [3.05, 3.63) is 65.0 Å². The maximum absolute atomic E-state index is 13.4. The first-order chi connectivity index (χ1) is 12.1. The number of sulfone groups is 1. The van der Waals surface area contributed by atoms with Gasteiger partial charge in [-0.15, -0.1) is 0 Å². The fourth-order valence-corrected chi connectivity index (χ4v) is 2.92. The van der Waals surface area contributed by atoms with E-state index in [0.717, 1.165) is 6.26 Å². The topological polar surface area (TPSA) is 89.5 Å². The molecule has 2 rings (SSSR count). The molecule has 0 unspecified atom stereocenters. The third-order valence-electron chi connectivity index (χ3n) is 3.41. The average molecular weight is 379 g/mol. The van der Waals surface area contributed by atoms with E-state index in [0.29, 0.717) is 11.1 Å². The zero-order valence-corrected chi connectivity index (χ0v) is 15.1. The summed E-state index contributed by atoms with van der Waals surface area (Å²) in [6, 6.07) is 10.1. The molecule has 0 fully saturated rings. The lowest BCUT2D eigenvalue weighted by atomic mass is 10.1. The fraction of sp³-hybridized carbons (Fsp3) is 0.222. The second-order valence-electron chi connectivity index (χ2n) is 5.86. The predicted octanol–water partition coefficient (Wildman–Crippen LogP) is 2.47. The van der Waals surface area contributed by atoms with Crippen molar-refractivity contribution in [1.29, 1.82) is 0 Å². The molecule has 0 aromatic heterocycles. The maximum atomic E-state index is 13.4. The highest BCUT2D eigenvalue weighted by Gasteiger charge is 2.12. The predicted molar refractivity (Wildman–Crippen MR) is 95.0 cm³/mol. The number of carbonyl (C=O) groups excluding carboxylic acids is 2. The monoisotopic (exact) mass is 379 g/mol. The molecule has 0 radical (unpaired) electrons. The van der Waals surface area contributed by atoms with Gasteiger partial charge in [-0.2, -0.15) is 0 Å². The van der Waals surface area contributed by atoms with Gasteiger partial charge in [-0.05, 0) is 42.3 Å². The summed E-state index contributed by atoms with van der Waals surface area (Å²) >= 11 is 0. The van der Waals surface area contributed by atoms with Gasteiger partial charge in [-0.25, -0.2) is 17.6 Å². The minimum Gasteiger partial charge on any atom is -0.452 e. The molecule has 0 aliphatic heterocycles. The number of hydrogen-bond acceptors (Lipinski definition) is 5.